The smallest absolute Gasteiger partial charge is 0.321 e. The molecule has 0 aliphatic carbocycles. The molecule has 1 aromatic carbocycles. The number of benzene rings is 1. The second kappa shape index (κ2) is 6.41. The lowest BCUT2D eigenvalue weighted by Crippen LogP contribution is -2.49. The van der Waals surface area contributed by atoms with Crippen LogP contribution in [-0.2, 0) is 4.79 Å². The molecule has 1 saturated heterocycles. The third kappa shape index (κ3) is 3.50. The van der Waals surface area contributed by atoms with Crippen molar-refractivity contribution in [2.24, 2.45) is 0 Å². The van der Waals surface area contributed by atoms with Crippen LogP contribution >= 0.6 is 0 Å². The van der Waals surface area contributed by atoms with Gasteiger partial charge in [-0.3, -0.25) is 4.79 Å². The van der Waals surface area contributed by atoms with Gasteiger partial charge in [-0.2, -0.15) is 0 Å². The molecule has 1 aliphatic rings. The largest absolute Gasteiger partial charge is 0.342 e. The highest BCUT2D eigenvalue weighted by Gasteiger charge is 2.19. The maximum absolute atomic E-state index is 12.1. The number of piperazine rings is 1. The first kappa shape index (κ1) is 14.4. The molecular weight excluding hydrogens is 254 g/mol. The van der Waals surface area contributed by atoms with E-state index in [-0.39, 0.29) is 6.03 Å². The molecule has 0 atom stereocenters. The zero-order chi connectivity index (χ0) is 14.5. The normalized spacial score (nSPS) is 15.3. The number of urea groups is 1. The average molecular weight is 275 g/mol. The molecule has 1 fully saturated rings. The number of hydrogen-bond donors (Lipinski definition) is 1. The van der Waals surface area contributed by atoms with Gasteiger partial charge < -0.3 is 15.1 Å². The lowest BCUT2D eigenvalue weighted by atomic mass is 10.0. The first-order valence-corrected chi connectivity index (χ1v) is 6.95. The summed E-state index contributed by atoms with van der Waals surface area (Å²) in [7, 11) is 0. The molecule has 108 valence electrons. The Hall–Kier alpha value is -2.04. The van der Waals surface area contributed by atoms with Gasteiger partial charge in [-0.25, -0.2) is 4.79 Å². The van der Waals surface area contributed by atoms with Crippen molar-refractivity contribution in [3.05, 3.63) is 29.8 Å². The summed E-state index contributed by atoms with van der Waals surface area (Å²) in [6.07, 6.45) is 0.833. The van der Waals surface area contributed by atoms with Crippen molar-refractivity contribution < 1.29 is 9.59 Å². The molecule has 1 aliphatic heterocycles. The second-order valence-corrected chi connectivity index (χ2v) is 5.34. The summed E-state index contributed by atoms with van der Waals surface area (Å²) in [6, 6.07) is 7.81. The predicted octanol–water partition coefficient (Wildman–Crippen LogP) is 2.12. The van der Waals surface area contributed by atoms with Crippen LogP contribution in [0.4, 0.5) is 10.5 Å². The molecule has 0 radical (unpaired) electrons. The molecule has 2 rings (SSSR count). The van der Waals surface area contributed by atoms with Crippen LogP contribution < -0.4 is 5.32 Å². The topological polar surface area (TPSA) is 52.7 Å². The molecule has 0 spiro atoms. The van der Waals surface area contributed by atoms with Crippen LogP contribution in [0.5, 0.6) is 0 Å². The Morgan fingerprint density at radius 2 is 1.75 bits per heavy atom. The summed E-state index contributed by atoms with van der Waals surface area (Å²) < 4.78 is 0. The molecule has 20 heavy (non-hydrogen) atoms. The lowest BCUT2D eigenvalue weighted by molar-refractivity contribution is -0.119. The molecule has 1 N–H and O–H groups in total. The molecule has 1 aromatic rings. The number of nitrogens with zero attached hydrogens (tertiary/aromatic N) is 2. The summed E-state index contributed by atoms with van der Waals surface area (Å²) >= 11 is 0. The average Bonchev–Trinajstić information content (AvgIpc) is 2.48. The van der Waals surface area contributed by atoms with Crippen LogP contribution in [0.2, 0.25) is 0 Å². The standard InChI is InChI=1S/C15H21N3O2/c1-12(2)13-3-5-14(6-4-13)16-15(20)18-9-7-17(11-19)8-10-18/h3-6,11-12H,7-10H2,1-2H3,(H,16,20). The highest BCUT2D eigenvalue weighted by atomic mass is 16.2. The Kier molecular flexibility index (Phi) is 4.61. The summed E-state index contributed by atoms with van der Waals surface area (Å²) in [6.45, 7) is 6.63. The first-order valence-electron chi connectivity index (χ1n) is 6.95. The van der Waals surface area contributed by atoms with Crippen molar-refractivity contribution in [1.29, 1.82) is 0 Å². The van der Waals surface area contributed by atoms with Gasteiger partial charge in [0.05, 0.1) is 0 Å². The SMILES string of the molecule is CC(C)c1ccc(NC(=O)N2CCN(C=O)CC2)cc1. The molecule has 5 heteroatoms. The summed E-state index contributed by atoms with van der Waals surface area (Å²) in [5.41, 5.74) is 2.06. The minimum Gasteiger partial charge on any atom is -0.342 e. The summed E-state index contributed by atoms with van der Waals surface area (Å²) in [4.78, 5) is 26.1. The van der Waals surface area contributed by atoms with Gasteiger partial charge in [-0.1, -0.05) is 26.0 Å². The van der Waals surface area contributed by atoms with Gasteiger partial charge in [-0.05, 0) is 23.6 Å². The number of anilines is 1. The van der Waals surface area contributed by atoms with E-state index in [1.54, 1.807) is 9.80 Å². The van der Waals surface area contributed by atoms with Crippen molar-refractivity contribution in [3.8, 4) is 0 Å². The lowest BCUT2D eigenvalue weighted by Gasteiger charge is -2.32. The van der Waals surface area contributed by atoms with Crippen LogP contribution in [-0.4, -0.2) is 48.4 Å². The fraction of sp³-hybridized carbons (Fsp3) is 0.467. The van der Waals surface area contributed by atoms with Crippen molar-refractivity contribution in [1.82, 2.24) is 9.80 Å². The van der Waals surface area contributed by atoms with E-state index in [0.29, 0.717) is 32.1 Å². The van der Waals surface area contributed by atoms with E-state index in [1.165, 1.54) is 5.56 Å². The first-order chi connectivity index (χ1) is 9.60. The van der Waals surface area contributed by atoms with Crippen LogP contribution in [0.25, 0.3) is 0 Å². The van der Waals surface area contributed by atoms with Crippen molar-refractivity contribution in [3.63, 3.8) is 0 Å². The number of nitrogens with one attached hydrogen (secondary N) is 1. The van der Waals surface area contributed by atoms with Crippen molar-refractivity contribution in [2.45, 2.75) is 19.8 Å². The van der Waals surface area contributed by atoms with E-state index >= 15 is 0 Å². The number of rotatable bonds is 3. The molecule has 3 amide bonds. The maximum Gasteiger partial charge on any atom is 0.321 e. The Morgan fingerprint density at radius 3 is 2.25 bits per heavy atom. The van der Waals surface area contributed by atoms with Crippen LogP contribution in [0.15, 0.2) is 24.3 Å². The van der Waals surface area contributed by atoms with Gasteiger partial charge in [-0.15, -0.1) is 0 Å². The summed E-state index contributed by atoms with van der Waals surface area (Å²) in [5, 5.41) is 2.89. The zero-order valence-electron chi connectivity index (χ0n) is 12.0. The highest BCUT2D eigenvalue weighted by molar-refractivity contribution is 5.89. The van der Waals surface area contributed by atoms with Crippen LogP contribution in [0.1, 0.15) is 25.3 Å². The fourth-order valence-corrected chi connectivity index (χ4v) is 2.18. The molecule has 5 nitrogen and oxygen atoms in total. The molecule has 0 unspecified atom stereocenters. The van der Waals surface area contributed by atoms with Gasteiger partial charge in [0.25, 0.3) is 0 Å². The molecule has 0 saturated carbocycles. The molecule has 1 heterocycles. The predicted molar refractivity (Wildman–Crippen MR) is 78.8 cm³/mol. The Morgan fingerprint density at radius 1 is 1.15 bits per heavy atom. The number of carbonyl (C=O) groups is 2. The minimum atomic E-state index is -0.104. The summed E-state index contributed by atoms with van der Waals surface area (Å²) in [5.74, 6) is 0.483. The van der Waals surface area contributed by atoms with E-state index in [2.05, 4.69) is 19.2 Å². The van der Waals surface area contributed by atoms with E-state index in [0.717, 1.165) is 12.1 Å². The van der Waals surface area contributed by atoms with Gasteiger partial charge in [0.2, 0.25) is 6.41 Å². The van der Waals surface area contributed by atoms with Crippen LogP contribution in [0.3, 0.4) is 0 Å². The van der Waals surface area contributed by atoms with Gasteiger partial charge >= 0.3 is 6.03 Å². The van der Waals surface area contributed by atoms with E-state index in [1.807, 2.05) is 24.3 Å². The number of hydrogen-bond acceptors (Lipinski definition) is 2. The minimum absolute atomic E-state index is 0.104. The zero-order valence-corrected chi connectivity index (χ0v) is 12.0. The third-order valence-corrected chi connectivity index (χ3v) is 3.58. The highest BCUT2D eigenvalue weighted by Crippen LogP contribution is 2.17. The Labute approximate surface area is 119 Å². The van der Waals surface area contributed by atoms with Gasteiger partial charge in [0, 0.05) is 31.9 Å². The number of amides is 3. The van der Waals surface area contributed by atoms with E-state index in [9.17, 15) is 9.59 Å². The van der Waals surface area contributed by atoms with Crippen molar-refractivity contribution >= 4 is 18.1 Å². The second-order valence-electron chi connectivity index (χ2n) is 5.34. The quantitative estimate of drug-likeness (QED) is 0.859. The fourth-order valence-electron chi connectivity index (χ4n) is 2.18. The number of carbonyl (C=O) groups excluding carboxylic acids is 2. The van der Waals surface area contributed by atoms with Crippen molar-refractivity contribution in [2.75, 3.05) is 31.5 Å². The van der Waals surface area contributed by atoms with Crippen LogP contribution in [0, 0.1) is 0 Å². The van der Waals surface area contributed by atoms with Gasteiger partial charge in [0.15, 0.2) is 0 Å². The monoisotopic (exact) mass is 275 g/mol. The maximum atomic E-state index is 12.1. The Balaban J connectivity index is 1.89. The molecule has 0 aromatic heterocycles. The Bertz CT molecular complexity index is 463. The molecular formula is C15H21N3O2. The molecule has 0 bridgehead atoms. The third-order valence-electron chi connectivity index (χ3n) is 3.58. The van der Waals surface area contributed by atoms with E-state index in [4.69, 9.17) is 0 Å². The van der Waals surface area contributed by atoms with Gasteiger partial charge in [0.1, 0.15) is 0 Å². The van der Waals surface area contributed by atoms with E-state index < -0.39 is 0 Å².